The molecule has 1 rings (SSSR count). The average molecular weight is 292 g/mol. The lowest BCUT2D eigenvalue weighted by atomic mass is 10.2. The number of aryl methyl sites for hydroxylation is 1. The summed E-state index contributed by atoms with van der Waals surface area (Å²) in [7, 11) is 0. The van der Waals surface area contributed by atoms with Gasteiger partial charge in [-0.25, -0.2) is 9.18 Å². The molecule has 88 valence electrons. The zero-order valence-corrected chi connectivity index (χ0v) is 10.4. The second-order valence-electron chi connectivity index (χ2n) is 3.10. The molecular weight excluding hydrogens is 281 g/mol. The van der Waals surface area contributed by atoms with E-state index in [0.717, 1.165) is 5.56 Å². The van der Waals surface area contributed by atoms with E-state index in [0.29, 0.717) is 9.54 Å². The van der Waals surface area contributed by atoms with Crippen molar-refractivity contribution in [1.82, 2.24) is 5.06 Å². The molecule has 0 heterocycles. The molecular formula is C10H11BrFNO3. The summed E-state index contributed by atoms with van der Waals surface area (Å²) >= 11 is 3.17. The summed E-state index contributed by atoms with van der Waals surface area (Å²) in [5.74, 6) is -0.720. The molecule has 1 aromatic carbocycles. The van der Waals surface area contributed by atoms with Crippen LogP contribution in [0.2, 0.25) is 0 Å². The first-order chi connectivity index (χ1) is 7.45. The molecule has 16 heavy (non-hydrogen) atoms. The fraction of sp³-hybridized carbons (Fsp3) is 0.300. The van der Waals surface area contributed by atoms with Gasteiger partial charge in [-0.05, 0) is 31.5 Å². The van der Waals surface area contributed by atoms with E-state index in [9.17, 15) is 9.18 Å². The molecule has 0 aromatic heterocycles. The van der Waals surface area contributed by atoms with Gasteiger partial charge in [0.05, 0.1) is 6.54 Å². The van der Waals surface area contributed by atoms with Crippen LogP contribution in [0.25, 0.3) is 0 Å². The monoisotopic (exact) mass is 291 g/mol. The number of carbonyl (C=O) groups is 1. The predicted octanol–water partition coefficient (Wildman–Crippen LogP) is 3.19. The lowest BCUT2D eigenvalue weighted by Crippen LogP contribution is -2.32. The summed E-state index contributed by atoms with van der Waals surface area (Å²) in [6.07, 6.45) is -1.26. The molecule has 0 aliphatic heterocycles. The van der Waals surface area contributed by atoms with E-state index in [-0.39, 0.29) is 12.3 Å². The summed E-state index contributed by atoms with van der Waals surface area (Å²) in [5, 5.41) is 9.38. The Morgan fingerprint density at radius 2 is 2.25 bits per heavy atom. The van der Waals surface area contributed by atoms with E-state index in [1.165, 1.54) is 12.1 Å². The highest BCUT2D eigenvalue weighted by atomic mass is 79.9. The van der Waals surface area contributed by atoms with Crippen molar-refractivity contribution < 1.29 is 19.1 Å². The minimum absolute atomic E-state index is 0.107. The standard InChI is InChI=1S/C10H11BrFNO3/c1-3-13(10(14)15)16-9-4-6(2)7(11)5-8(9)12/h4-5H,3H2,1-2H3,(H,14,15). The average Bonchev–Trinajstić information content (AvgIpc) is 2.21. The molecule has 1 N–H and O–H groups in total. The maximum Gasteiger partial charge on any atom is 0.440 e. The third kappa shape index (κ3) is 2.85. The Bertz CT molecular complexity index is 411. The Balaban J connectivity index is 2.96. The normalized spacial score (nSPS) is 10.0. The lowest BCUT2D eigenvalue weighted by Gasteiger charge is -2.18. The number of halogens is 2. The molecule has 0 radical (unpaired) electrons. The summed E-state index contributed by atoms with van der Waals surface area (Å²) in [4.78, 5) is 15.6. The topological polar surface area (TPSA) is 49.8 Å². The van der Waals surface area contributed by atoms with Crippen LogP contribution in [0.5, 0.6) is 5.75 Å². The van der Waals surface area contributed by atoms with Gasteiger partial charge < -0.3 is 9.94 Å². The molecule has 0 fully saturated rings. The molecule has 6 heteroatoms. The Hall–Kier alpha value is -1.30. The molecule has 0 saturated heterocycles. The van der Waals surface area contributed by atoms with Crippen LogP contribution in [0.1, 0.15) is 12.5 Å². The van der Waals surface area contributed by atoms with Gasteiger partial charge in [0.25, 0.3) is 0 Å². The molecule has 0 aliphatic rings. The van der Waals surface area contributed by atoms with Crippen molar-refractivity contribution >= 4 is 22.0 Å². The van der Waals surface area contributed by atoms with Gasteiger partial charge in [-0.2, -0.15) is 0 Å². The van der Waals surface area contributed by atoms with Crippen LogP contribution in [0.4, 0.5) is 9.18 Å². The van der Waals surface area contributed by atoms with Gasteiger partial charge in [0, 0.05) is 4.47 Å². The van der Waals surface area contributed by atoms with E-state index in [1.807, 2.05) is 0 Å². The van der Waals surface area contributed by atoms with Crippen LogP contribution in [-0.2, 0) is 0 Å². The zero-order chi connectivity index (χ0) is 12.3. The van der Waals surface area contributed by atoms with Crippen LogP contribution in [0, 0.1) is 12.7 Å². The zero-order valence-electron chi connectivity index (χ0n) is 8.83. The van der Waals surface area contributed by atoms with Gasteiger partial charge in [0.15, 0.2) is 11.6 Å². The van der Waals surface area contributed by atoms with Crippen LogP contribution in [0.15, 0.2) is 16.6 Å². The quantitative estimate of drug-likeness (QED) is 0.870. The number of hydrogen-bond acceptors (Lipinski definition) is 2. The van der Waals surface area contributed by atoms with E-state index < -0.39 is 11.9 Å². The fourth-order valence-electron chi connectivity index (χ4n) is 1.06. The molecule has 4 nitrogen and oxygen atoms in total. The smallest absolute Gasteiger partial charge is 0.440 e. The van der Waals surface area contributed by atoms with Crippen molar-refractivity contribution in [3.63, 3.8) is 0 Å². The largest absolute Gasteiger partial charge is 0.463 e. The SMILES string of the molecule is CCN(Oc1cc(C)c(Br)cc1F)C(=O)O. The minimum Gasteiger partial charge on any atom is -0.463 e. The highest BCUT2D eigenvalue weighted by Gasteiger charge is 2.15. The van der Waals surface area contributed by atoms with E-state index in [2.05, 4.69) is 15.9 Å². The van der Waals surface area contributed by atoms with Gasteiger partial charge in [0.2, 0.25) is 0 Å². The third-order valence-electron chi connectivity index (χ3n) is 1.92. The Morgan fingerprint density at radius 1 is 1.62 bits per heavy atom. The van der Waals surface area contributed by atoms with Gasteiger partial charge in [0.1, 0.15) is 0 Å². The van der Waals surface area contributed by atoms with Crippen molar-refractivity contribution in [2.75, 3.05) is 6.54 Å². The molecule has 1 amide bonds. The lowest BCUT2D eigenvalue weighted by molar-refractivity contribution is -0.0344. The van der Waals surface area contributed by atoms with Gasteiger partial charge in [-0.3, -0.25) is 0 Å². The van der Waals surface area contributed by atoms with Crippen molar-refractivity contribution in [2.24, 2.45) is 0 Å². The summed E-state index contributed by atoms with van der Waals surface area (Å²) in [6.45, 7) is 3.47. The molecule has 0 unspecified atom stereocenters. The number of amides is 1. The Labute approximate surface area is 101 Å². The number of hydroxylamine groups is 2. The number of carboxylic acid groups (broad SMARTS) is 1. The summed E-state index contributed by atoms with van der Waals surface area (Å²) in [5.41, 5.74) is 0.762. The van der Waals surface area contributed by atoms with E-state index in [1.54, 1.807) is 13.8 Å². The molecule has 0 bridgehead atoms. The van der Waals surface area contributed by atoms with Crippen LogP contribution in [0.3, 0.4) is 0 Å². The number of rotatable bonds is 3. The Morgan fingerprint density at radius 3 is 2.75 bits per heavy atom. The summed E-state index contributed by atoms with van der Waals surface area (Å²) < 4.78 is 14.0. The maximum absolute atomic E-state index is 13.4. The molecule has 0 aliphatic carbocycles. The number of hydrogen-bond donors (Lipinski definition) is 1. The van der Waals surface area contributed by atoms with Gasteiger partial charge in [-0.15, -0.1) is 5.06 Å². The highest BCUT2D eigenvalue weighted by molar-refractivity contribution is 9.10. The van der Waals surface area contributed by atoms with E-state index >= 15 is 0 Å². The third-order valence-corrected chi connectivity index (χ3v) is 2.78. The van der Waals surface area contributed by atoms with Crippen LogP contribution in [-0.4, -0.2) is 22.8 Å². The first kappa shape index (κ1) is 12.8. The molecule has 0 spiro atoms. The molecule has 0 saturated carbocycles. The van der Waals surface area contributed by atoms with Crippen LogP contribution < -0.4 is 4.84 Å². The van der Waals surface area contributed by atoms with Crippen molar-refractivity contribution in [3.05, 3.63) is 28.0 Å². The fourth-order valence-corrected chi connectivity index (χ4v) is 1.37. The number of nitrogens with zero attached hydrogens (tertiary/aromatic N) is 1. The second-order valence-corrected chi connectivity index (χ2v) is 3.95. The first-order valence-corrected chi connectivity index (χ1v) is 5.39. The number of benzene rings is 1. The molecule has 0 atom stereocenters. The van der Waals surface area contributed by atoms with Crippen molar-refractivity contribution in [3.8, 4) is 5.75 Å². The van der Waals surface area contributed by atoms with E-state index in [4.69, 9.17) is 9.94 Å². The maximum atomic E-state index is 13.4. The van der Waals surface area contributed by atoms with Crippen LogP contribution >= 0.6 is 15.9 Å². The first-order valence-electron chi connectivity index (χ1n) is 4.59. The Kier molecular flexibility index (Phi) is 4.12. The van der Waals surface area contributed by atoms with Crippen molar-refractivity contribution in [2.45, 2.75) is 13.8 Å². The molecule has 1 aromatic rings. The highest BCUT2D eigenvalue weighted by Crippen LogP contribution is 2.26. The summed E-state index contributed by atoms with van der Waals surface area (Å²) in [6, 6.07) is 2.67. The van der Waals surface area contributed by atoms with Crippen molar-refractivity contribution in [1.29, 1.82) is 0 Å². The second kappa shape index (κ2) is 5.16. The van der Waals surface area contributed by atoms with Gasteiger partial charge >= 0.3 is 6.09 Å². The predicted molar refractivity (Wildman–Crippen MR) is 59.9 cm³/mol. The van der Waals surface area contributed by atoms with Gasteiger partial charge in [-0.1, -0.05) is 15.9 Å². The minimum atomic E-state index is -1.26.